The van der Waals surface area contributed by atoms with E-state index < -0.39 is 5.54 Å². The van der Waals surface area contributed by atoms with Crippen molar-refractivity contribution >= 4 is 36.4 Å². The van der Waals surface area contributed by atoms with E-state index in [0.29, 0.717) is 0 Å². The number of carbonyl (C=O) groups is 1. The molecule has 0 aliphatic heterocycles. The number of halogens is 2. The van der Waals surface area contributed by atoms with Gasteiger partial charge in [-0.3, -0.25) is 4.79 Å². The van der Waals surface area contributed by atoms with E-state index in [4.69, 9.17) is 5.73 Å². The van der Waals surface area contributed by atoms with Crippen molar-refractivity contribution in [2.45, 2.75) is 38.1 Å². The molecule has 0 bridgehead atoms. The molecule has 1 fully saturated rings. The highest BCUT2D eigenvalue weighted by Crippen LogP contribution is 2.32. The third-order valence-corrected chi connectivity index (χ3v) is 4.51. The SMILES string of the molecule is CC1(N)CCCCC1C(=O)Nc1ccc(-n2ccnc2)cc1.Cl.Cl. The summed E-state index contributed by atoms with van der Waals surface area (Å²) in [6.07, 6.45) is 9.32. The Morgan fingerprint density at radius 3 is 2.58 bits per heavy atom. The molecule has 3 N–H and O–H groups in total. The van der Waals surface area contributed by atoms with Crippen molar-refractivity contribution < 1.29 is 4.79 Å². The standard InChI is InChI=1S/C17H22N4O.2ClH/c1-17(18)9-3-2-4-15(17)16(22)20-13-5-7-14(8-6-13)21-11-10-19-12-21;;/h5-8,10-12,15H,2-4,9,18H2,1H3,(H,20,22);2*1H. The van der Waals surface area contributed by atoms with Crippen molar-refractivity contribution in [3.05, 3.63) is 43.0 Å². The topological polar surface area (TPSA) is 72.9 Å². The number of nitrogens with zero attached hydrogens (tertiary/aromatic N) is 2. The molecule has 1 aliphatic carbocycles. The minimum absolute atomic E-state index is 0. The van der Waals surface area contributed by atoms with Gasteiger partial charge in [-0.25, -0.2) is 4.98 Å². The Morgan fingerprint density at radius 1 is 1.29 bits per heavy atom. The summed E-state index contributed by atoms with van der Waals surface area (Å²) in [4.78, 5) is 16.5. The van der Waals surface area contributed by atoms with Gasteiger partial charge in [0, 0.05) is 29.3 Å². The van der Waals surface area contributed by atoms with E-state index in [-0.39, 0.29) is 36.6 Å². The van der Waals surface area contributed by atoms with Gasteiger partial charge in [-0.2, -0.15) is 0 Å². The number of carbonyl (C=O) groups excluding carboxylic acids is 1. The van der Waals surface area contributed by atoms with Gasteiger partial charge in [-0.05, 0) is 44.0 Å². The highest BCUT2D eigenvalue weighted by molar-refractivity contribution is 5.93. The quantitative estimate of drug-likeness (QED) is 0.867. The molecule has 2 atom stereocenters. The Hall–Kier alpha value is -1.56. The van der Waals surface area contributed by atoms with Crippen LogP contribution >= 0.6 is 24.8 Å². The highest BCUT2D eigenvalue weighted by atomic mass is 35.5. The van der Waals surface area contributed by atoms with Crippen molar-refractivity contribution in [3.8, 4) is 5.69 Å². The Bertz CT molecular complexity index is 641. The van der Waals surface area contributed by atoms with E-state index in [2.05, 4.69) is 10.3 Å². The predicted octanol–water partition coefficient (Wildman–Crippen LogP) is 3.56. The third-order valence-electron chi connectivity index (χ3n) is 4.51. The number of aromatic nitrogens is 2. The molecule has 7 heteroatoms. The zero-order valence-electron chi connectivity index (χ0n) is 13.6. The Morgan fingerprint density at radius 2 is 2.00 bits per heavy atom. The molecule has 1 heterocycles. The summed E-state index contributed by atoms with van der Waals surface area (Å²) in [6.45, 7) is 1.98. The first kappa shape index (κ1) is 20.5. The number of imidazole rings is 1. The van der Waals surface area contributed by atoms with Crippen LogP contribution in [0.2, 0.25) is 0 Å². The monoisotopic (exact) mass is 370 g/mol. The minimum Gasteiger partial charge on any atom is -0.326 e. The maximum Gasteiger partial charge on any atom is 0.229 e. The number of hydrogen-bond donors (Lipinski definition) is 2. The van der Waals surface area contributed by atoms with Gasteiger partial charge in [0.05, 0.1) is 12.2 Å². The van der Waals surface area contributed by atoms with Gasteiger partial charge >= 0.3 is 0 Å². The van der Waals surface area contributed by atoms with Crippen LogP contribution < -0.4 is 11.1 Å². The molecule has 0 spiro atoms. The van der Waals surface area contributed by atoms with Crippen LogP contribution in [-0.2, 0) is 4.79 Å². The van der Waals surface area contributed by atoms with Crippen LogP contribution in [0.5, 0.6) is 0 Å². The number of anilines is 1. The summed E-state index contributed by atoms with van der Waals surface area (Å²) in [6, 6.07) is 7.73. The summed E-state index contributed by atoms with van der Waals surface area (Å²) < 4.78 is 1.92. The van der Waals surface area contributed by atoms with Gasteiger partial charge in [-0.15, -0.1) is 24.8 Å². The molecule has 132 valence electrons. The average molecular weight is 371 g/mol. The van der Waals surface area contributed by atoms with Gasteiger partial charge in [0.25, 0.3) is 0 Å². The van der Waals surface area contributed by atoms with E-state index in [9.17, 15) is 4.79 Å². The van der Waals surface area contributed by atoms with Gasteiger partial charge in [0.15, 0.2) is 0 Å². The fraction of sp³-hybridized carbons (Fsp3) is 0.412. The minimum atomic E-state index is -0.404. The molecule has 24 heavy (non-hydrogen) atoms. The van der Waals surface area contributed by atoms with Crippen LogP contribution in [0.1, 0.15) is 32.6 Å². The van der Waals surface area contributed by atoms with Gasteiger partial charge in [0.1, 0.15) is 0 Å². The van der Waals surface area contributed by atoms with Crippen molar-refractivity contribution in [3.63, 3.8) is 0 Å². The highest BCUT2D eigenvalue weighted by Gasteiger charge is 2.37. The number of benzene rings is 1. The maximum absolute atomic E-state index is 12.5. The largest absolute Gasteiger partial charge is 0.326 e. The Labute approximate surface area is 154 Å². The molecule has 2 aromatic rings. The Kier molecular flexibility index (Phi) is 7.27. The molecular formula is C17H24Cl2N4O. The number of hydrogen-bond acceptors (Lipinski definition) is 3. The normalized spacial score (nSPS) is 22.8. The van der Waals surface area contributed by atoms with E-state index in [1.54, 1.807) is 12.5 Å². The fourth-order valence-corrected chi connectivity index (χ4v) is 3.15. The van der Waals surface area contributed by atoms with E-state index in [1.807, 2.05) is 42.0 Å². The van der Waals surface area contributed by atoms with Crippen LogP contribution in [0.25, 0.3) is 5.69 Å². The summed E-state index contributed by atoms with van der Waals surface area (Å²) in [7, 11) is 0. The second kappa shape index (κ2) is 8.51. The molecule has 1 aliphatic rings. The summed E-state index contributed by atoms with van der Waals surface area (Å²) >= 11 is 0. The lowest BCUT2D eigenvalue weighted by atomic mass is 9.74. The third kappa shape index (κ3) is 4.50. The number of nitrogens with two attached hydrogens (primary N) is 1. The zero-order chi connectivity index (χ0) is 15.6. The molecule has 1 amide bonds. The molecule has 1 saturated carbocycles. The van der Waals surface area contributed by atoms with Crippen LogP contribution in [0.4, 0.5) is 5.69 Å². The number of nitrogens with one attached hydrogen (secondary N) is 1. The number of rotatable bonds is 3. The lowest BCUT2D eigenvalue weighted by Gasteiger charge is -2.37. The molecule has 1 aromatic heterocycles. The van der Waals surface area contributed by atoms with Crippen LogP contribution in [0.15, 0.2) is 43.0 Å². The molecule has 3 rings (SSSR count). The fourth-order valence-electron chi connectivity index (χ4n) is 3.15. The zero-order valence-corrected chi connectivity index (χ0v) is 15.3. The lowest BCUT2D eigenvalue weighted by molar-refractivity contribution is -0.122. The summed E-state index contributed by atoms with van der Waals surface area (Å²) in [5.41, 5.74) is 7.70. The number of amides is 1. The van der Waals surface area contributed by atoms with Crippen molar-refractivity contribution in [2.75, 3.05) is 5.32 Å². The summed E-state index contributed by atoms with van der Waals surface area (Å²) in [5, 5.41) is 3.00. The molecule has 5 nitrogen and oxygen atoms in total. The summed E-state index contributed by atoms with van der Waals surface area (Å²) in [5.74, 6) is -0.0883. The van der Waals surface area contributed by atoms with Crippen LogP contribution in [-0.4, -0.2) is 21.0 Å². The molecule has 0 radical (unpaired) electrons. The van der Waals surface area contributed by atoms with Gasteiger partial charge in [-0.1, -0.05) is 12.8 Å². The van der Waals surface area contributed by atoms with E-state index in [0.717, 1.165) is 37.1 Å². The van der Waals surface area contributed by atoms with E-state index in [1.165, 1.54) is 0 Å². The predicted molar refractivity (Wildman–Crippen MR) is 101 cm³/mol. The maximum atomic E-state index is 12.5. The van der Waals surface area contributed by atoms with Crippen molar-refractivity contribution in [1.29, 1.82) is 0 Å². The van der Waals surface area contributed by atoms with Crippen molar-refractivity contribution in [1.82, 2.24) is 9.55 Å². The van der Waals surface area contributed by atoms with Crippen LogP contribution in [0, 0.1) is 5.92 Å². The molecule has 2 unspecified atom stereocenters. The first-order valence-corrected chi connectivity index (χ1v) is 7.74. The molecule has 0 saturated heterocycles. The smallest absolute Gasteiger partial charge is 0.229 e. The lowest BCUT2D eigenvalue weighted by Crippen LogP contribution is -2.51. The van der Waals surface area contributed by atoms with E-state index >= 15 is 0 Å². The second-order valence-corrected chi connectivity index (χ2v) is 6.31. The molecule has 1 aromatic carbocycles. The Balaban J connectivity index is 0.00000144. The van der Waals surface area contributed by atoms with Crippen LogP contribution in [0.3, 0.4) is 0 Å². The van der Waals surface area contributed by atoms with Gasteiger partial charge in [0.2, 0.25) is 5.91 Å². The van der Waals surface area contributed by atoms with Gasteiger partial charge < -0.3 is 15.6 Å². The molecular weight excluding hydrogens is 347 g/mol. The average Bonchev–Trinajstić information content (AvgIpc) is 3.01. The first-order chi connectivity index (χ1) is 10.6. The first-order valence-electron chi connectivity index (χ1n) is 7.74. The van der Waals surface area contributed by atoms with Crippen molar-refractivity contribution in [2.24, 2.45) is 11.7 Å². The second-order valence-electron chi connectivity index (χ2n) is 6.31.